The lowest BCUT2D eigenvalue weighted by Crippen LogP contribution is -2.07. The smallest absolute Gasteiger partial charge is 0.221 e. The molecule has 3 heteroatoms. The fraction of sp³-hybridized carbons (Fsp3) is 0.200. The van der Waals surface area contributed by atoms with Gasteiger partial charge in [-0.05, 0) is 11.6 Å². The number of carbonyl (C=O) groups is 1. The summed E-state index contributed by atoms with van der Waals surface area (Å²) in [6.07, 6.45) is 0.316. The molecule has 0 aliphatic carbocycles. The Morgan fingerprint density at radius 2 is 2.23 bits per heavy atom. The molecule has 0 atom stereocenters. The van der Waals surface area contributed by atoms with E-state index in [1.165, 1.54) is 6.92 Å². The molecule has 0 fully saturated rings. The number of hydrogen-bond acceptors (Lipinski definition) is 2. The topological polar surface area (TPSA) is 52.9 Å². The van der Waals surface area contributed by atoms with E-state index in [1.54, 1.807) is 6.07 Å². The van der Waals surface area contributed by atoms with Crippen LogP contribution in [0.4, 0.5) is 5.69 Å². The highest BCUT2D eigenvalue weighted by Gasteiger charge is 2.01. The minimum atomic E-state index is -0.120. The molecule has 0 saturated carbocycles. The summed E-state index contributed by atoms with van der Waals surface area (Å²) in [5.41, 5.74) is 1.57. The van der Waals surface area contributed by atoms with Crippen molar-refractivity contribution >= 4 is 11.6 Å². The number of amides is 1. The van der Waals surface area contributed by atoms with E-state index >= 15 is 0 Å². The predicted molar refractivity (Wildman–Crippen MR) is 50.1 cm³/mol. The van der Waals surface area contributed by atoms with E-state index in [0.717, 1.165) is 11.3 Å². The van der Waals surface area contributed by atoms with Gasteiger partial charge in [-0.3, -0.25) is 4.79 Å². The van der Waals surface area contributed by atoms with Crippen LogP contribution in [0, 0.1) is 11.3 Å². The average Bonchev–Trinajstić information content (AvgIpc) is 2.08. The van der Waals surface area contributed by atoms with E-state index < -0.39 is 0 Å². The Balaban J connectivity index is 2.92. The summed E-state index contributed by atoms with van der Waals surface area (Å²) < 4.78 is 0. The first-order valence-electron chi connectivity index (χ1n) is 3.96. The molecule has 0 heterocycles. The minimum Gasteiger partial charge on any atom is -0.326 e. The first-order chi connectivity index (χ1) is 6.24. The third-order valence-electron chi connectivity index (χ3n) is 1.60. The fourth-order valence-electron chi connectivity index (χ4n) is 1.07. The molecule has 1 rings (SSSR count). The highest BCUT2D eigenvalue weighted by atomic mass is 16.1. The number of nitrogens with zero attached hydrogens (tertiary/aromatic N) is 1. The van der Waals surface area contributed by atoms with E-state index in [1.807, 2.05) is 24.3 Å². The van der Waals surface area contributed by atoms with Crippen molar-refractivity contribution in [3.05, 3.63) is 29.8 Å². The molecule has 1 N–H and O–H groups in total. The molecule has 13 heavy (non-hydrogen) atoms. The van der Waals surface area contributed by atoms with Gasteiger partial charge in [0.25, 0.3) is 0 Å². The molecular formula is C10H10N2O. The monoisotopic (exact) mass is 174 g/mol. The highest BCUT2D eigenvalue weighted by molar-refractivity contribution is 5.89. The molecule has 0 aromatic heterocycles. The third kappa shape index (κ3) is 2.60. The van der Waals surface area contributed by atoms with Crippen LogP contribution in [-0.2, 0) is 11.2 Å². The predicted octanol–water partition coefficient (Wildman–Crippen LogP) is 1.71. The molecule has 0 spiro atoms. The first-order valence-corrected chi connectivity index (χ1v) is 3.96. The van der Waals surface area contributed by atoms with Gasteiger partial charge in [-0.15, -0.1) is 0 Å². The maximum Gasteiger partial charge on any atom is 0.221 e. The van der Waals surface area contributed by atoms with Crippen LogP contribution >= 0.6 is 0 Å². The summed E-state index contributed by atoms with van der Waals surface area (Å²) in [6, 6.07) is 9.33. The van der Waals surface area contributed by atoms with E-state index in [-0.39, 0.29) is 5.91 Å². The number of anilines is 1. The zero-order chi connectivity index (χ0) is 9.68. The van der Waals surface area contributed by atoms with Gasteiger partial charge in [0.1, 0.15) is 0 Å². The summed E-state index contributed by atoms with van der Waals surface area (Å²) in [6.45, 7) is 1.45. The van der Waals surface area contributed by atoms with Gasteiger partial charge in [0, 0.05) is 12.6 Å². The van der Waals surface area contributed by atoms with Gasteiger partial charge in [-0.25, -0.2) is 0 Å². The van der Waals surface area contributed by atoms with Crippen LogP contribution in [0.25, 0.3) is 0 Å². The van der Waals surface area contributed by atoms with Crippen molar-refractivity contribution in [1.82, 2.24) is 0 Å². The molecule has 1 amide bonds. The van der Waals surface area contributed by atoms with Crippen molar-refractivity contribution in [3.63, 3.8) is 0 Å². The molecule has 0 aliphatic heterocycles. The zero-order valence-electron chi connectivity index (χ0n) is 7.37. The average molecular weight is 174 g/mol. The maximum absolute atomic E-state index is 10.8. The van der Waals surface area contributed by atoms with E-state index in [4.69, 9.17) is 5.26 Å². The molecule has 0 saturated heterocycles. The summed E-state index contributed by atoms with van der Waals surface area (Å²) >= 11 is 0. The van der Waals surface area contributed by atoms with Crippen LogP contribution in [0.15, 0.2) is 24.3 Å². The second-order valence-electron chi connectivity index (χ2n) is 2.67. The van der Waals surface area contributed by atoms with Crippen molar-refractivity contribution in [2.45, 2.75) is 13.3 Å². The van der Waals surface area contributed by atoms with Gasteiger partial charge >= 0.3 is 0 Å². The molecule has 0 aliphatic rings. The maximum atomic E-state index is 10.8. The Morgan fingerprint density at radius 3 is 2.85 bits per heavy atom. The molecule has 1 aromatic rings. The van der Waals surface area contributed by atoms with Crippen molar-refractivity contribution < 1.29 is 4.79 Å². The fourth-order valence-corrected chi connectivity index (χ4v) is 1.07. The lowest BCUT2D eigenvalue weighted by molar-refractivity contribution is -0.114. The lowest BCUT2D eigenvalue weighted by atomic mass is 10.1. The van der Waals surface area contributed by atoms with Crippen LogP contribution in [-0.4, -0.2) is 5.91 Å². The van der Waals surface area contributed by atoms with Gasteiger partial charge in [-0.1, -0.05) is 18.2 Å². The number of nitriles is 1. The Labute approximate surface area is 77.0 Å². The molecule has 66 valence electrons. The van der Waals surface area contributed by atoms with Gasteiger partial charge in [0.05, 0.1) is 12.5 Å². The Hall–Kier alpha value is -1.82. The van der Waals surface area contributed by atoms with Crippen molar-refractivity contribution in [2.75, 3.05) is 5.32 Å². The van der Waals surface area contributed by atoms with Crippen LogP contribution in [0.1, 0.15) is 12.5 Å². The van der Waals surface area contributed by atoms with Crippen molar-refractivity contribution in [2.24, 2.45) is 0 Å². The standard InChI is InChI=1S/C10H10N2O/c1-8(13)12-10-5-3-2-4-9(10)6-7-11/h2-5H,6H2,1H3,(H,12,13). The largest absolute Gasteiger partial charge is 0.326 e. The summed E-state index contributed by atoms with van der Waals surface area (Å²) in [4.78, 5) is 10.8. The highest BCUT2D eigenvalue weighted by Crippen LogP contribution is 2.14. The van der Waals surface area contributed by atoms with E-state index in [2.05, 4.69) is 5.32 Å². The molecule has 0 unspecified atom stereocenters. The summed E-state index contributed by atoms with van der Waals surface area (Å²) in [5, 5.41) is 11.2. The summed E-state index contributed by atoms with van der Waals surface area (Å²) in [5.74, 6) is -0.120. The van der Waals surface area contributed by atoms with Crippen LogP contribution in [0.5, 0.6) is 0 Å². The summed E-state index contributed by atoms with van der Waals surface area (Å²) in [7, 11) is 0. The van der Waals surface area contributed by atoms with Gasteiger partial charge in [0.2, 0.25) is 5.91 Å². The van der Waals surface area contributed by atoms with Crippen molar-refractivity contribution in [3.8, 4) is 6.07 Å². The first kappa shape index (κ1) is 9.27. The SMILES string of the molecule is CC(=O)Nc1ccccc1CC#N. The quantitative estimate of drug-likeness (QED) is 0.742. The van der Waals surface area contributed by atoms with Crippen molar-refractivity contribution in [1.29, 1.82) is 5.26 Å². The number of benzene rings is 1. The number of para-hydroxylation sites is 1. The zero-order valence-corrected chi connectivity index (χ0v) is 7.37. The van der Waals surface area contributed by atoms with E-state index in [0.29, 0.717) is 6.42 Å². The third-order valence-corrected chi connectivity index (χ3v) is 1.60. The molecule has 1 aromatic carbocycles. The van der Waals surface area contributed by atoms with Gasteiger partial charge in [0.15, 0.2) is 0 Å². The second-order valence-corrected chi connectivity index (χ2v) is 2.67. The molecular weight excluding hydrogens is 164 g/mol. The lowest BCUT2D eigenvalue weighted by Gasteiger charge is -2.05. The minimum absolute atomic E-state index is 0.120. The number of rotatable bonds is 2. The van der Waals surface area contributed by atoms with Crippen LogP contribution in [0.3, 0.4) is 0 Å². The Kier molecular flexibility index (Phi) is 3.04. The second kappa shape index (κ2) is 4.27. The van der Waals surface area contributed by atoms with Crippen LogP contribution < -0.4 is 5.32 Å². The molecule has 0 radical (unpaired) electrons. The molecule has 3 nitrogen and oxygen atoms in total. The Morgan fingerprint density at radius 1 is 1.54 bits per heavy atom. The molecule has 0 bridgehead atoms. The normalized spacial score (nSPS) is 8.92. The van der Waals surface area contributed by atoms with Gasteiger partial charge in [-0.2, -0.15) is 5.26 Å². The number of carbonyl (C=O) groups excluding carboxylic acids is 1. The number of nitrogens with one attached hydrogen (secondary N) is 1. The van der Waals surface area contributed by atoms with Crippen LogP contribution in [0.2, 0.25) is 0 Å². The number of hydrogen-bond donors (Lipinski definition) is 1. The van der Waals surface area contributed by atoms with E-state index in [9.17, 15) is 4.79 Å². The Bertz CT molecular complexity index is 352. The van der Waals surface area contributed by atoms with Gasteiger partial charge < -0.3 is 5.32 Å².